The predicted molar refractivity (Wildman–Crippen MR) is 92.0 cm³/mol. The molecular weight excluding hydrogens is 389 g/mol. The van der Waals surface area contributed by atoms with E-state index < -0.39 is 34.3 Å². The van der Waals surface area contributed by atoms with Gasteiger partial charge in [0.1, 0.15) is 16.1 Å². The fraction of sp³-hybridized carbons (Fsp3) is 0.200. The summed E-state index contributed by atoms with van der Waals surface area (Å²) in [7, 11) is -2.65. The van der Waals surface area contributed by atoms with Crippen LogP contribution in [0.15, 0.2) is 40.6 Å². The quantitative estimate of drug-likeness (QED) is 0.805. The van der Waals surface area contributed by atoms with Gasteiger partial charge in [0.2, 0.25) is 5.91 Å². The molecule has 1 unspecified atom stereocenters. The van der Waals surface area contributed by atoms with Crippen molar-refractivity contribution >= 4 is 38.9 Å². The lowest BCUT2D eigenvalue weighted by Gasteiger charge is -2.18. The Hall–Kier alpha value is -1.99. The summed E-state index contributed by atoms with van der Waals surface area (Å²) >= 11 is 6.60. The van der Waals surface area contributed by atoms with E-state index in [1.54, 1.807) is 6.07 Å². The number of nitrogens with one attached hydrogen (secondary N) is 1. The Bertz CT molecular complexity index is 924. The smallest absolute Gasteiger partial charge is 0.252 e. The van der Waals surface area contributed by atoms with Crippen molar-refractivity contribution in [2.24, 2.45) is 0 Å². The molecule has 1 aromatic heterocycles. The van der Waals surface area contributed by atoms with Gasteiger partial charge in [-0.05, 0) is 18.2 Å². The zero-order valence-electron chi connectivity index (χ0n) is 12.9. The highest BCUT2D eigenvalue weighted by Gasteiger charge is 2.26. The van der Waals surface area contributed by atoms with Crippen molar-refractivity contribution in [2.45, 2.75) is 10.3 Å². The third kappa shape index (κ3) is 4.55. The van der Waals surface area contributed by atoms with Crippen molar-refractivity contribution in [3.05, 3.63) is 52.1 Å². The summed E-state index contributed by atoms with van der Waals surface area (Å²) in [6.45, 7) is -0.523. The summed E-state index contributed by atoms with van der Waals surface area (Å²) in [4.78, 5) is 12.1. The van der Waals surface area contributed by atoms with Crippen LogP contribution in [0, 0.1) is 17.1 Å². The van der Waals surface area contributed by atoms with Gasteiger partial charge in [-0.15, -0.1) is 11.3 Å². The first kappa shape index (κ1) is 19.3. The molecule has 2 rings (SSSR count). The summed E-state index contributed by atoms with van der Waals surface area (Å²) in [6, 6.07) is 8.88. The van der Waals surface area contributed by atoms with Crippen LogP contribution >= 0.6 is 22.9 Å². The fourth-order valence-electron chi connectivity index (χ4n) is 1.97. The van der Waals surface area contributed by atoms with Crippen LogP contribution in [0.25, 0.3) is 0 Å². The number of thiophene rings is 1. The molecule has 0 bridgehead atoms. The first-order valence-electron chi connectivity index (χ1n) is 6.91. The SMILES string of the molecule is CN(CC(=O)NC(C#N)c1ccccc1F)S(=O)(=O)c1ccc(Cl)s1. The molecule has 1 heterocycles. The third-order valence-electron chi connectivity index (χ3n) is 3.23. The molecule has 0 saturated heterocycles. The molecule has 132 valence electrons. The van der Waals surface area contributed by atoms with E-state index in [-0.39, 0.29) is 9.77 Å². The van der Waals surface area contributed by atoms with Crippen LogP contribution in [0.1, 0.15) is 11.6 Å². The molecule has 25 heavy (non-hydrogen) atoms. The number of halogens is 2. The predicted octanol–water partition coefficient (Wildman–Crippen LogP) is 2.54. The van der Waals surface area contributed by atoms with Crippen molar-refractivity contribution in [1.82, 2.24) is 9.62 Å². The van der Waals surface area contributed by atoms with Crippen LogP contribution in [0.3, 0.4) is 0 Å². The van der Waals surface area contributed by atoms with Crippen molar-refractivity contribution in [2.75, 3.05) is 13.6 Å². The van der Waals surface area contributed by atoms with Gasteiger partial charge in [0.25, 0.3) is 10.0 Å². The minimum atomic E-state index is -3.88. The Labute approximate surface area is 153 Å². The van der Waals surface area contributed by atoms with E-state index in [1.807, 2.05) is 0 Å². The molecule has 1 N–H and O–H groups in total. The number of nitrogens with zero attached hydrogens (tertiary/aromatic N) is 2. The number of sulfonamides is 1. The van der Waals surface area contributed by atoms with Gasteiger partial charge in [-0.25, -0.2) is 12.8 Å². The molecule has 1 amide bonds. The zero-order chi connectivity index (χ0) is 18.6. The number of hydrogen-bond acceptors (Lipinski definition) is 5. The van der Waals surface area contributed by atoms with Gasteiger partial charge in [0.05, 0.1) is 17.0 Å². The van der Waals surface area contributed by atoms with E-state index in [2.05, 4.69) is 5.32 Å². The monoisotopic (exact) mass is 401 g/mol. The van der Waals surface area contributed by atoms with Gasteiger partial charge in [0, 0.05) is 12.6 Å². The number of amides is 1. The number of rotatable bonds is 6. The molecule has 2 aromatic rings. The lowest BCUT2D eigenvalue weighted by Crippen LogP contribution is -2.39. The highest BCUT2D eigenvalue weighted by Crippen LogP contribution is 2.27. The number of benzene rings is 1. The second-order valence-electron chi connectivity index (χ2n) is 4.97. The van der Waals surface area contributed by atoms with Crippen LogP contribution in [0.4, 0.5) is 4.39 Å². The minimum Gasteiger partial charge on any atom is -0.335 e. The lowest BCUT2D eigenvalue weighted by atomic mass is 10.1. The number of hydrogen-bond donors (Lipinski definition) is 1. The van der Waals surface area contributed by atoms with Crippen LogP contribution in [0.5, 0.6) is 0 Å². The van der Waals surface area contributed by atoms with Crippen LogP contribution in [-0.4, -0.2) is 32.2 Å². The third-order valence-corrected chi connectivity index (χ3v) is 6.73. The molecule has 6 nitrogen and oxygen atoms in total. The summed E-state index contributed by atoms with van der Waals surface area (Å²) < 4.78 is 39.5. The summed E-state index contributed by atoms with van der Waals surface area (Å²) in [6.07, 6.45) is 0. The molecule has 0 aliphatic rings. The van der Waals surface area contributed by atoms with E-state index in [4.69, 9.17) is 16.9 Å². The second-order valence-corrected chi connectivity index (χ2v) is 8.96. The normalized spacial score (nSPS) is 12.6. The van der Waals surface area contributed by atoms with E-state index in [0.29, 0.717) is 4.34 Å². The first-order valence-corrected chi connectivity index (χ1v) is 9.54. The number of nitriles is 1. The molecule has 0 fully saturated rings. The Morgan fingerprint density at radius 3 is 2.64 bits per heavy atom. The van der Waals surface area contributed by atoms with Crippen molar-refractivity contribution in [1.29, 1.82) is 5.26 Å². The maximum Gasteiger partial charge on any atom is 0.252 e. The molecule has 0 aliphatic heterocycles. The van der Waals surface area contributed by atoms with Crippen LogP contribution in [0.2, 0.25) is 4.34 Å². The molecule has 0 saturated carbocycles. The number of likely N-dealkylation sites (N-methyl/N-ethyl adjacent to an activating group) is 1. The molecule has 0 spiro atoms. The molecular formula is C15H13ClFN3O3S2. The van der Waals surface area contributed by atoms with Crippen molar-refractivity contribution < 1.29 is 17.6 Å². The maximum absolute atomic E-state index is 13.7. The average Bonchev–Trinajstić information content (AvgIpc) is 3.00. The summed E-state index contributed by atoms with van der Waals surface area (Å²) in [5, 5.41) is 11.5. The van der Waals surface area contributed by atoms with Crippen LogP contribution in [-0.2, 0) is 14.8 Å². The number of carbonyl (C=O) groups is 1. The molecule has 1 aromatic carbocycles. The van der Waals surface area contributed by atoms with Gasteiger partial charge in [-0.3, -0.25) is 4.79 Å². The van der Waals surface area contributed by atoms with Gasteiger partial charge >= 0.3 is 0 Å². The summed E-state index contributed by atoms with van der Waals surface area (Å²) in [5.74, 6) is -1.37. The lowest BCUT2D eigenvalue weighted by molar-refractivity contribution is -0.121. The average molecular weight is 402 g/mol. The van der Waals surface area contributed by atoms with E-state index in [1.165, 1.54) is 43.4 Å². The second kappa shape index (κ2) is 7.93. The maximum atomic E-state index is 13.7. The molecule has 1 atom stereocenters. The molecule has 0 aliphatic carbocycles. The highest BCUT2D eigenvalue weighted by molar-refractivity contribution is 7.91. The summed E-state index contributed by atoms with van der Waals surface area (Å²) in [5.41, 5.74) is 0.00824. The Morgan fingerprint density at radius 1 is 1.40 bits per heavy atom. The Morgan fingerprint density at radius 2 is 2.08 bits per heavy atom. The molecule has 10 heteroatoms. The standard InChI is InChI=1S/C15H13ClFN3O3S2/c1-20(25(22,23)15-7-6-13(16)24-15)9-14(21)19-12(8-18)10-4-2-3-5-11(10)17/h2-7,12H,9H2,1H3,(H,19,21). The zero-order valence-corrected chi connectivity index (χ0v) is 15.3. The first-order chi connectivity index (χ1) is 11.8. The fourth-order valence-corrected chi connectivity index (χ4v) is 4.79. The Balaban J connectivity index is 2.09. The van der Waals surface area contributed by atoms with Crippen molar-refractivity contribution in [3.63, 3.8) is 0 Å². The highest BCUT2D eigenvalue weighted by atomic mass is 35.5. The van der Waals surface area contributed by atoms with Gasteiger partial charge in [-0.1, -0.05) is 29.8 Å². The molecule has 0 radical (unpaired) electrons. The van der Waals surface area contributed by atoms with Gasteiger partial charge in [0.15, 0.2) is 0 Å². The van der Waals surface area contributed by atoms with E-state index in [9.17, 15) is 17.6 Å². The minimum absolute atomic E-state index is 0.00117. The Kier molecular flexibility index (Phi) is 6.13. The number of carbonyl (C=O) groups excluding carboxylic acids is 1. The largest absolute Gasteiger partial charge is 0.335 e. The van der Waals surface area contributed by atoms with Gasteiger partial charge in [-0.2, -0.15) is 9.57 Å². The van der Waals surface area contributed by atoms with E-state index in [0.717, 1.165) is 15.6 Å². The van der Waals surface area contributed by atoms with Gasteiger partial charge < -0.3 is 5.32 Å². The van der Waals surface area contributed by atoms with Crippen LogP contribution < -0.4 is 5.32 Å². The van der Waals surface area contributed by atoms with Crippen molar-refractivity contribution in [3.8, 4) is 6.07 Å². The topological polar surface area (TPSA) is 90.3 Å². The van der Waals surface area contributed by atoms with E-state index >= 15 is 0 Å².